The Kier molecular flexibility index (Phi) is 17.5. The molecule has 20 heteroatoms. The third kappa shape index (κ3) is 12.4. The second-order valence-corrected chi connectivity index (χ2v) is 12.0. The number of alkyl halides is 5. The van der Waals surface area contributed by atoms with E-state index in [0.717, 1.165) is 24.3 Å². The van der Waals surface area contributed by atoms with Crippen LogP contribution in [-0.2, 0) is 42.6 Å². The molecule has 2 fully saturated rings. The van der Waals surface area contributed by atoms with Gasteiger partial charge in [0, 0.05) is 47.3 Å². The van der Waals surface area contributed by atoms with Crippen molar-refractivity contribution in [2.75, 3.05) is 47.0 Å². The average molecular weight is 798 g/mol. The second kappa shape index (κ2) is 21.1. The van der Waals surface area contributed by atoms with Crippen LogP contribution >= 0.6 is 0 Å². The van der Waals surface area contributed by atoms with E-state index in [2.05, 4.69) is 20.3 Å². The highest BCUT2D eigenvalue weighted by molar-refractivity contribution is 5.83. The zero-order valence-corrected chi connectivity index (χ0v) is 31.5. The number of anilines is 1. The van der Waals surface area contributed by atoms with Gasteiger partial charge in [-0.15, -0.1) is 0 Å². The normalized spacial score (nSPS) is 28.7. The second-order valence-electron chi connectivity index (χ2n) is 12.0. The molecule has 2 aromatic rings. The first-order valence-electron chi connectivity index (χ1n) is 17.1. The molecule has 4 rings (SSSR count). The average Bonchev–Trinajstić information content (AvgIpc) is 3.12. The van der Waals surface area contributed by atoms with E-state index in [1.165, 1.54) is 24.3 Å². The van der Waals surface area contributed by atoms with Gasteiger partial charge in [-0.25, -0.2) is 4.79 Å². The number of rotatable bonds is 15. The van der Waals surface area contributed by atoms with Crippen LogP contribution in [0.3, 0.4) is 0 Å². The van der Waals surface area contributed by atoms with Crippen LogP contribution in [0.5, 0.6) is 5.75 Å². The molecule has 0 radical (unpaired) electrons. The van der Waals surface area contributed by atoms with E-state index in [0.29, 0.717) is 24.6 Å². The molecule has 2 heterocycles. The lowest BCUT2D eigenvalue weighted by Crippen LogP contribution is -2.64. The Bertz CT molecular complexity index is 1430. The summed E-state index contributed by atoms with van der Waals surface area (Å²) in [4.78, 5) is 10.5. The Labute approximate surface area is 315 Å². The number of nitrogens with zero attached hydrogens (tertiary/aromatic N) is 2. The summed E-state index contributed by atoms with van der Waals surface area (Å²) >= 11 is 0. The zero-order valence-electron chi connectivity index (χ0n) is 31.5. The number of hydrogen-bond donors (Lipinski definition) is 2. The fraction of sp³-hybridized carbons (Fsp3) is 0.629. The van der Waals surface area contributed by atoms with Gasteiger partial charge in [0.1, 0.15) is 42.4 Å². The Morgan fingerprint density at radius 3 is 1.44 bits per heavy atom. The highest BCUT2D eigenvalue weighted by Gasteiger charge is 2.61. The van der Waals surface area contributed by atoms with Crippen LogP contribution in [-0.4, -0.2) is 127 Å². The minimum Gasteiger partial charge on any atom is -0.465 e. The maximum absolute atomic E-state index is 12.8. The maximum atomic E-state index is 12.8. The lowest BCUT2D eigenvalue weighted by atomic mass is 9.97. The maximum Gasteiger partial charge on any atom is 0.499 e. The van der Waals surface area contributed by atoms with Gasteiger partial charge >= 0.3 is 18.4 Å². The monoisotopic (exact) mass is 797 g/mol. The summed E-state index contributed by atoms with van der Waals surface area (Å²) in [6.45, 7) is 8.74. The standard InChI is InChI=1S/C20H38O9.C15H10F5N3O3/c1-9-25-15-13(21-5)11(3)27-19(17(15)23-7)29-20-18(24-8)16(26-10-2)14(22-6)12(4)28-20;16-14(17,18)15(19,20)26-12-7-5-11(6-8-12)23-22-10-3-1-9(2-4-10)21-13(24)25/h11-20H,9-10H2,1-8H3;1-8,21H,(H,24,25)/t11-,12-,13-,14-,15+,16+,17+,18+,19-,20-;/m0./s1. The van der Waals surface area contributed by atoms with E-state index in [1.54, 1.807) is 28.4 Å². The van der Waals surface area contributed by atoms with E-state index < -0.39 is 48.9 Å². The molecule has 0 unspecified atom stereocenters. The zero-order chi connectivity index (χ0) is 40.9. The van der Waals surface area contributed by atoms with Crippen molar-refractivity contribution in [3.05, 3.63) is 48.5 Å². The summed E-state index contributed by atoms with van der Waals surface area (Å²) in [6.07, 6.45) is -16.6. The molecule has 2 aliphatic rings. The molecule has 2 N–H and O–H groups in total. The van der Waals surface area contributed by atoms with Crippen LogP contribution in [0.4, 0.5) is 43.8 Å². The van der Waals surface area contributed by atoms with E-state index >= 15 is 0 Å². The number of hydrogen-bond acceptors (Lipinski definition) is 13. The highest BCUT2D eigenvalue weighted by Crippen LogP contribution is 2.38. The van der Waals surface area contributed by atoms with E-state index in [1.807, 2.05) is 27.7 Å². The van der Waals surface area contributed by atoms with Crippen molar-refractivity contribution in [3.63, 3.8) is 0 Å². The molecule has 55 heavy (non-hydrogen) atoms. The lowest BCUT2D eigenvalue weighted by molar-refractivity contribution is -0.380. The Hall–Kier alpha value is -3.60. The number of halogens is 5. The molecule has 0 aliphatic carbocycles. The first kappa shape index (κ1) is 45.8. The molecular weight excluding hydrogens is 749 g/mol. The highest BCUT2D eigenvalue weighted by atomic mass is 19.4. The van der Waals surface area contributed by atoms with Gasteiger partial charge in [0.15, 0.2) is 12.6 Å². The van der Waals surface area contributed by atoms with Crippen molar-refractivity contribution >= 4 is 23.2 Å². The number of ether oxygens (including phenoxy) is 10. The molecule has 0 spiro atoms. The number of methoxy groups -OCH3 is 4. The molecule has 1 amide bonds. The predicted octanol–water partition coefficient (Wildman–Crippen LogP) is 7.09. The van der Waals surface area contributed by atoms with Gasteiger partial charge in [0.25, 0.3) is 0 Å². The molecule has 0 saturated carbocycles. The SMILES string of the molecule is CCO[C@@H]1[C@@H](OC)[C@H](C)O[C@@H](O[C@@H]2O[C@@H](C)[C@H](OC)[C@@H](OCC)[C@H]2OC)[C@@H]1OC.O=C(O)Nc1ccc(N=Nc2ccc(OC(F)(F)C(F)(F)F)cc2)cc1. The van der Waals surface area contributed by atoms with Crippen LogP contribution in [0.1, 0.15) is 27.7 Å². The number of amides is 1. The number of azo groups is 1. The minimum atomic E-state index is -5.83. The number of carbonyl (C=O) groups is 1. The van der Waals surface area contributed by atoms with Crippen molar-refractivity contribution in [1.29, 1.82) is 0 Å². The Morgan fingerprint density at radius 2 is 1.09 bits per heavy atom. The summed E-state index contributed by atoms with van der Waals surface area (Å²) in [5, 5.41) is 18.3. The summed E-state index contributed by atoms with van der Waals surface area (Å²) in [5.41, 5.74) is 0.869. The molecule has 0 bridgehead atoms. The lowest BCUT2D eigenvalue weighted by Gasteiger charge is -2.48. The van der Waals surface area contributed by atoms with Crippen molar-refractivity contribution < 1.29 is 79.2 Å². The first-order chi connectivity index (χ1) is 26.0. The molecular formula is C35H48F5N3O12. The number of benzene rings is 2. The van der Waals surface area contributed by atoms with Crippen molar-refractivity contribution in [2.24, 2.45) is 10.2 Å². The van der Waals surface area contributed by atoms with Gasteiger partial charge in [0.05, 0.1) is 23.6 Å². The molecule has 2 saturated heterocycles. The molecule has 15 nitrogen and oxygen atoms in total. The van der Waals surface area contributed by atoms with Gasteiger partial charge in [-0.1, -0.05) is 0 Å². The first-order valence-corrected chi connectivity index (χ1v) is 17.1. The third-order valence-corrected chi connectivity index (χ3v) is 8.34. The fourth-order valence-corrected chi connectivity index (χ4v) is 5.85. The van der Waals surface area contributed by atoms with Crippen LogP contribution < -0.4 is 10.1 Å². The molecule has 2 aliphatic heterocycles. The quantitative estimate of drug-likeness (QED) is 0.139. The third-order valence-electron chi connectivity index (χ3n) is 8.34. The summed E-state index contributed by atoms with van der Waals surface area (Å²) in [5.74, 6) is -0.685. The van der Waals surface area contributed by atoms with Gasteiger partial charge in [-0.05, 0) is 76.2 Å². The van der Waals surface area contributed by atoms with Gasteiger partial charge in [0.2, 0.25) is 0 Å². The summed E-state index contributed by atoms with van der Waals surface area (Å²) in [6, 6.07) is 9.91. The van der Waals surface area contributed by atoms with Gasteiger partial charge < -0.3 is 52.5 Å². The van der Waals surface area contributed by atoms with Crippen molar-refractivity contribution in [1.82, 2.24) is 0 Å². The molecule has 310 valence electrons. The van der Waals surface area contributed by atoms with Crippen LogP contribution in [0.15, 0.2) is 58.8 Å². The summed E-state index contributed by atoms with van der Waals surface area (Å²) in [7, 11) is 6.46. The van der Waals surface area contributed by atoms with E-state index in [4.69, 9.17) is 47.7 Å². The molecule has 2 aromatic carbocycles. The Morgan fingerprint density at radius 1 is 0.691 bits per heavy atom. The molecule has 10 atom stereocenters. The number of carboxylic acid groups (broad SMARTS) is 1. The van der Waals surface area contributed by atoms with Crippen LogP contribution in [0.25, 0.3) is 0 Å². The van der Waals surface area contributed by atoms with Gasteiger partial charge in [-0.3, -0.25) is 5.32 Å². The van der Waals surface area contributed by atoms with Crippen LogP contribution in [0.2, 0.25) is 0 Å². The van der Waals surface area contributed by atoms with E-state index in [-0.39, 0.29) is 42.3 Å². The van der Waals surface area contributed by atoms with Crippen molar-refractivity contribution in [3.8, 4) is 5.75 Å². The van der Waals surface area contributed by atoms with E-state index in [9.17, 15) is 26.7 Å². The van der Waals surface area contributed by atoms with Crippen molar-refractivity contribution in [2.45, 2.75) is 101 Å². The largest absolute Gasteiger partial charge is 0.499 e. The number of nitrogens with one attached hydrogen (secondary N) is 1. The van der Waals surface area contributed by atoms with Gasteiger partial charge in [-0.2, -0.15) is 32.2 Å². The molecule has 0 aromatic heterocycles. The smallest absolute Gasteiger partial charge is 0.465 e. The topological polar surface area (TPSA) is 166 Å². The predicted molar refractivity (Wildman–Crippen MR) is 184 cm³/mol. The summed E-state index contributed by atoms with van der Waals surface area (Å²) < 4.78 is 118. The van der Waals surface area contributed by atoms with Crippen LogP contribution in [0, 0.1) is 0 Å². The minimum absolute atomic E-state index is 0.181. The Balaban J connectivity index is 0.000000297. The fourth-order valence-electron chi connectivity index (χ4n) is 5.85.